The van der Waals surface area contributed by atoms with Crippen molar-refractivity contribution in [3.63, 3.8) is 0 Å². The van der Waals surface area contributed by atoms with Crippen molar-refractivity contribution in [2.75, 3.05) is 11.0 Å². The lowest BCUT2D eigenvalue weighted by Gasteiger charge is -2.29. The average molecular weight is 514 g/mol. The highest BCUT2D eigenvalue weighted by molar-refractivity contribution is 14.1. The molecule has 1 aliphatic heterocycles. The number of aromatic nitrogens is 1. The Balaban J connectivity index is 1.61. The first-order valence-electron chi connectivity index (χ1n) is 8.95. The fourth-order valence-corrected chi connectivity index (χ4v) is 3.80. The molecule has 0 unspecified atom stereocenters. The Hall–Kier alpha value is -1.66. The highest BCUT2D eigenvalue weighted by Crippen LogP contribution is 2.30. The molecule has 0 saturated carbocycles. The van der Waals surface area contributed by atoms with Crippen molar-refractivity contribution in [1.82, 2.24) is 10.3 Å². The van der Waals surface area contributed by atoms with Crippen LogP contribution in [-0.2, 0) is 22.4 Å². The SMILES string of the molecule is O=C(CCc1cncs1)N[C@H]1Cc2cccc(C(=O)OCCCI)c2OB1O. The summed E-state index contributed by atoms with van der Waals surface area (Å²) in [5, 5.41) is 13.2. The van der Waals surface area contributed by atoms with Crippen molar-refractivity contribution in [3.05, 3.63) is 45.9 Å². The number of carbonyl (C=O) groups is 2. The number of rotatable bonds is 8. The zero-order chi connectivity index (χ0) is 19.9. The van der Waals surface area contributed by atoms with Crippen LogP contribution >= 0.6 is 33.9 Å². The number of esters is 1. The molecule has 1 amide bonds. The first-order chi connectivity index (χ1) is 13.6. The summed E-state index contributed by atoms with van der Waals surface area (Å²) in [5.74, 6) is -0.892. The summed E-state index contributed by atoms with van der Waals surface area (Å²) in [6.07, 6.45) is 3.80. The summed E-state index contributed by atoms with van der Waals surface area (Å²) in [7, 11) is -1.23. The summed E-state index contributed by atoms with van der Waals surface area (Å²) in [6.45, 7) is 0.340. The molecule has 0 bridgehead atoms. The number of fused-ring (bicyclic) bond motifs is 1. The number of alkyl halides is 1. The van der Waals surface area contributed by atoms with Crippen LogP contribution in [0.3, 0.4) is 0 Å². The number of para-hydroxylation sites is 1. The molecule has 0 fully saturated rings. The van der Waals surface area contributed by atoms with Crippen molar-refractivity contribution in [1.29, 1.82) is 0 Å². The van der Waals surface area contributed by atoms with Gasteiger partial charge in [-0.15, -0.1) is 11.3 Å². The molecule has 2 aromatic rings. The Morgan fingerprint density at radius 2 is 2.32 bits per heavy atom. The van der Waals surface area contributed by atoms with E-state index in [0.717, 1.165) is 21.3 Å². The fourth-order valence-electron chi connectivity index (χ4n) is 2.89. The summed E-state index contributed by atoms with van der Waals surface area (Å²) >= 11 is 3.72. The molecule has 1 aromatic carbocycles. The standard InChI is InChI=1S/C18H20BIN2O5S/c20-7-2-8-26-18(24)14-4-1-3-12-9-15(19(25)27-17(12)14)22-16(23)6-5-13-10-21-11-28-13/h1,3-4,10-11,15,25H,2,5-9H2,(H,22,23)/t15-/m0/s1. The molecule has 0 radical (unpaired) electrons. The molecule has 2 heterocycles. The number of thiazole rings is 1. The van der Waals surface area contributed by atoms with Crippen LogP contribution in [0.1, 0.15) is 33.6 Å². The van der Waals surface area contributed by atoms with E-state index in [4.69, 9.17) is 9.39 Å². The van der Waals surface area contributed by atoms with E-state index in [1.165, 1.54) is 11.3 Å². The third-order valence-corrected chi connectivity index (χ3v) is 5.88. The van der Waals surface area contributed by atoms with Gasteiger partial charge in [-0.05, 0) is 30.9 Å². The van der Waals surface area contributed by atoms with Gasteiger partial charge in [-0.1, -0.05) is 34.7 Å². The third-order valence-electron chi connectivity index (χ3n) is 4.28. The first kappa shape index (κ1) is 21.1. The van der Waals surface area contributed by atoms with E-state index in [0.29, 0.717) is 37.2 Å². The van der Waals surface area contributed by atoms with Gasteiger partial charge in [0.15, 0.2) is 0 Å². The summed E-state index contributed by atoms with van der Waals surface area (Å²) in [4.78, 5) is 29.5. The molecule has 148 valence electrons. The maximum atomic E-state index is 12.3. The quantitative estimate of drug-likeness (QED) is 0.185. The molecule has 0 aliphatic carbocycles. The molecule has 1 aliphatic rings. The number of nitrogens with zero attached hydrogens (tertiary/aromatic N) is 1. The zero-order valence-electron chi connectivity index (χ0n) is 15.1. The highest BCUT2D eigenvalue weighted by Gasteiger charge is 2.37. The van der Waals surface area contributed by atoms with Crippen molar-refractivity contribution in [2.24, 2.45) is 0 Å². The summed E-state index contributed by atoms with van der Waals surface area (Å²) in [5.41, 5.74) is 2.77. The van der Waals surface area contributed by atoms with Crippen LogP contribution in [0.4, 0.5) is 0 Å². The van der Waals surface area contributed by atoms with Gasteiger partial charge >= 0.3 is 13.1 Å². The molecule has 7 nitrogen and oxygen atoms in total. The van der Waals surface area contributed by atoms with Gasteiger partial charge in [-0.2, -0.15) is 0 Å². The lowest BCUT2D eigenvalue weighted by atomic mass is 9.72. The van der Waals surface area contributed by atoms with Gasteiger partial charge < -0.3 is 19.7 Å². The van der Waals surface area contributed by atoms with Crippen molar-refractivity contribution >= 4 is 52.9 Å². The van der Waals surface area contributed by atoms with Crippen LogP contribution in [0, 0.1) is 0 Å². The number of halogens is 1. The Bertz CT molecular complexity index is 820. The van der Waals surface area contributed by atoms with Crippen LogP contribution in [0.5, 0.6) is 5.75 Å². The zero-order valence-corrected chi connectivity index (χ0v) is 18.1. The normalized spacial score (nSPS) is 15.5. The predicted molar refractivity (Wildman–Crippen MR) is 115 cm³/mol. The third kappa shape index (κ3) is 5.45. The minimum Gasteiger partial charge on any atom is -0.534 e. The Kier molecular flexibility index (Phi) is 7.69. The minimum absolute atomic E-state index is 0.168. The van der Waals surface area contributed by atoms with E-state index in [-0.39, 0.29) is 5.91 Å². The van der Waals surface area contributed by atoms with E-state index in [1.807, 2.05) is 6.07 Å². The van der Waals surface area contributed by atoms with Gasteiger partial charge in [-0.3, -0.25) is 9.78 Å². The van der Waals surface area contributed by atoms with E-state index in [1.54, 1.807) is 23.8 Å². The number of benzene rings is 1. The van der Waals surface area contributed by atoms with E-state index in [2.05, 4.69) is 32.9 Å². The molecule has 10 heteroatoms. The maximum absolute atomic E-state index is 12.3. The van der Waals surface area contributed by atoms with Crippen molar-refractivity contribution in [3.8, 4) is 5.75 Å². The van der Waals surface area contributed by atoms with Crippen LogP contribution in [-0.4, -0.2) is 46.0 Å². The van der Waals surface area contributed by atoms with E-state index in [9.17, 15) is 14.6 Å². The lowest BCUT2D eigenvalue weighted by Crippen LogP contribution is -2.53. The Morgan fingerprint density at radius 3 is 3.07 bits per heavy atom. The number of nitrogens with one attached hydrogen (secondary N) is 1. The van der Waals surface area contributed by atoms with Gasteiger partial charge in [0, 0.05) is 21.9 Å². The minimum atomic E-state index is -1.23. The molecule has 2 N–H and O–H groups in total. The van der Waals surface area contributed by atoms with Crippen molar-refractivity contribution in [2.45, 2.75) is 31.6 Å². The highest BCUT2D eigenvalue weighted by atomic mass is 127. The maximum Gasteiger partial charge on any atom is 0.547 e. The topological polar surface area (TPSA) is 97.8 Å². The van der Waals surface area contributed by atoms with Gasteiger partial charge in [0.25, 0.3) is 0 Å². The largest absolute Gasteiger partial charge is 0.547 e. The molecule has 1 aromatic heterocycles. The number of hydrogen-bond acceptors (Lipinski definition) is 7. The van der Waals surface area contributed by atoms with Crippen LogP contribution in [0.25, 0.3) is 0 Å². The second kappa shape index (κ2) is 10.2. The predicted octanol–water partition coefficient (Wildman–Crippen LogP) is 2.20. The average Bonchev–Trinajstić information content (AvgIpc) is 3.20. The second-order valence-electron chi connectivity index (χ2n) is 6.33. The molecule has 0 spiro atoms. The monoisotopic (exact) mass is 514 g/mol. The van der Waals surface area contributed by atoms with Crippen molar-refractivity contribution < 1.29 is 24.0 Å². The number of carbonyl (C=O) groups excluding carboxylic acids is 2. The molecular formula is C18H20BIN2O5S. The van der Waals surface area contributed by atoms with Gasteiger partial charge in [0.05, 0.1) is 18.1 Å². The van der Waals surface area contributed by atoms with Crippen LogP contribution in [0.2, 0.25) is 0 Å². The van der Waals surface area contributed by atoms with E-state index >= 15 is 0 Å². The molecule has 28 heavy (non-hydrogen) atoms. The fraction of sp³-hybridized carbons (Fsp3) is 0.389. The number of ether oxygens (including phenoxy) is 1. The smallest absolute Gasteiger partial charge is 0.534 e. The lowest BCUT2D eigenvalue weighted by molar-refractivity contribution is -0.121. The summed E-state index contributed by atoms with van der Waals surface area (Å²) in [6, 6.07) is 5.18. The Morgan fingerprint density at radius 1 is 1.46 bits per heavy atom. The number of aryl methyl sites for hydroxylation is 1. The molecule has 1 atom stereocenters. The van der Waals surface area contributed by atoms with Gasteiger partial charge in [-0.25, -0.2) is 4.79 Å². The first-order valence-corrected chi connectivity index (χ1v) is 11.4. The van der Waals surface area contributed by atoms with Gasteiger partial charge in [0.1, 0.15) is 11.3 Å². The van der Waals surface area contributed by atoms with E-state index < -0.39 is 19.0 Å². The van der Waals surface area contributed by atoms with Crippen LogP contribution < -0.4 is 9.97 Å². The molecule has 3 rings (SSSR count). The van der Waals surface area contributed by atoms with Crippen LogP contribution in [0.15, 0.2) is 29.9 Å². The molecular weight excluding hydrogens is 494 g/mol. The number of hydrogen-bond donors (Lipinski definition) is 2. The summed E-state index contributed by atoms with van der Waals surface area (Å²) < 4.78 is 11.7. The van der Waals surface area contributed by atoms with Gasteiger partial charge in [0.2, 0.25) is 5.91 Å². The second-order valence-corrected chi connectivity index (χ2v) is 8.38. The number of amides is 1. The molecule has 0 saturated heterocycles. The Labute approximate surface area is 181 Å².